The molecule has 1 aliphatic heterocycles. The number of halogens is 1. The second-order valence-electron chi connectivity index (χ2n) is 5.30. The Morgan fingerprint density at radius 2 is 2.17 bits per heavy atom. The summed E-state index contributed by atoms with van der Waals surface area (Å²) in [4.78, 5) is 13.5. The summed E-state index contributed by atoms with van der Waals surface area (Å²) < 4.78 is 13.0. The molecule has 3 rings (SSSR count). The number of hydrogen-bond acceptors (Lipinski definition) is 2. The van der Waals surface area contributed by atoms with Gasteiger partial charge in [0.25, 0.3) is 0 Å². The number of anilines is 1. The first kappa shape index (κ1) is 11.5. The van der Waals surface area contributed by atoms with Crippen molar-refractivity contribution in [3.63, 3.8) is 0 Å². The van der Waals surface area contributed by atoms with Gasteiger partial charge in [-0.15, -0.1) is 0 Å². The summed E-state index contributed by atoms with van der Waals surface area (Å²) >= 11 is 0. The highest BCUT2D eigenvalue weighted by Gasteiger charge is 2.51. The largest absolute Gasteiger partial charge is 0.322 e. The Morgan fingerprint density at radius 3 is 2.78 bits per heavy atom. The maximum atomic E-state index is 13.0. The van der Waals surface area contributed by atoms with Crippen molar-refractivity contribution in [3.05, 3.63) is 30.1 Å². The molecule has 0 atom stereocenters. The summed E-state index contributed by atoms with van der Waals surface area (Å²) in [6.07, 6.45) is 2.35. The highest BCUT2D eigenvalue weighted by atomic mass is 19.1. The van der Waals surface area contributed by atoms with E-state index < -0.39 is 0 Å². The molecule has 96 valence electrons. The minimum atomic E-state index is -0.359. The molecule has 1 aromatic rings. The number of likely N-dealkylation sites (tertiary alicyclic amines) is 1. The van der Waals surface area contributed by atoms with Gasteiger partial charge in [0, 0.05) is 18.8 Å². The molecular formula is C13H16FN3O. The van der Waals surface area contributed by atoms with E-state index in [1.165, 1.54) is 25.0 Å². The van der Waals surface area contributed by atoms with Crippen LogP contribution in [0.15, 0.2) is 24.3 Å². The fourth-order valence-electron chi connectivity index (χ4n) is 2.49. The predicted octanol–water partition coefficient (Wildman–Crippen LogP) is 1.78. The topological polar surface area (TPSA) is 58.4 Å². The SMILES string of the molecule is NC1(C2CC2)CN(C(=O)Nc2cccc(F)c2)C1. The van der Waals surface area contributed by atoms with Crippen LogP contribution in [-0.4, -0.2) is 29.6 Å². The molecule has 0 spiro atoms. The first-order valence-corrected chi connectivity index (χ1v) is 6.17. The predicted molar refractivity (Wildman–Crippen MR) is 66.6 cm³/mol. The van der Waals surface area contributed by atoms with Gasteiger partial charge < -0.3 is 16.0 Å². The summed E-state index contributed by atoms with van der Waals surface area (Å²) in [7, 11) is 0. The molecule has 1 heterocycles. The lowest BCUT2D eigenvalue weighted by atomic mass is 9.86. The van der Waals surface area contributed by atoms with Gasteiger partial charge in [0.05, 0.1) is 5.54 Å². The van der Waals surface area contributed by atoms with Gasteiger partial charge in [-0.25, -0.2) is 9.18 Å². The molecule has 4 nitrogen and oxygen atoms in total. The number of nitrogens with zero attached hydrogens (tertiary/aromatic N) is 1. The number of nitrogens with two attached hydrogens (primary N) is 1. The molecular weight excluding hydrogens is 233 g/mol. The van der Waals surface area contributed by atoms with Gasteiger partial charge >= 0.3 is 6.03 Å². The first-order valence-electron chi connectivity index (χ1n) is 6.17. The maximum Gasteiger partial charge on any atom is 0.321 e. The van der Waals surface area contributed by atoms with Crippen LogP contribution < -0.4 is 11.1 Å². The number of carbonyl (C=O) groups is 1. The molecule has 0 bridgehead atoms. The van der Waals surface area contributed by atoms with Gasteiger partial charge in [-0.3, -0.25) is 0 Å². The third-order valence-corrected chi connectivity index (χ3v) is 3.72. The fraction of sp³-hybridized carbons (Fsp3) is 0.462. The van der Waals surface area contributed by atoms with Crippen molar-refractivity contribution in [1.82, 2.24) is 4.90 Å². The van der Waals surface area contributed by atoms with Crippen LogP contribution in [0, 0.1) is 11.7 Å². The van der Waals surface area contributed by atoms with Crippen molar-refractivity contribution >= 4 is 11.7 Å². The smallest absolute Gasteiger partial charge is 0.321 e. The molecule has 3 N–H and O–H groups in total. The first-order chi connectivity index (χ1) is 8.57. The Labute approximate surface area is 105 Å². The van der Waals surface area contributed by atoms with E-state index in [2.05, 4.69) is 5.32 Å². The van der Waals surface area contributed by atoms with Crippen molar-refractivity contribution < 1.29 is 9.18 Å². The zero-order chi connectivity index (χ0) is 12.8. The summed E-state index contributed by atoms with van der Waals surface area (Å²) in [5.74, 6) is 0.221. The number of nitrogens with one attached hydrogen (secondary N) is 1. The van der Waals surface area contributed by atoms with Gasteiger partial charge in [-0.1, -0.05) is 6.07 Å². The molecule has 18 heavy (non-hydrogen) atoms. The number of urea groups is 1. The third-order valence-electron chi connectivity index (χ3n) is 3.72. The van der Waals surface area contributed by atoms with Gasteiger partial charge in [0.1, 0.15) is 5.82 Å². The highest BCUT2D eigenvalue weighted by molar-refractivity contribution is 5.90. The summed E-state index contributed by atoms with van der Waals surface area (Å²) in [5.41, 5.74) is 6.46. The minimum absolute atomic E-state index is 0.181. The van der Waals surface area contributed by atoms with Gasteiger partial charge in [-0.2, -0.15) is 0 Å². The molecule has 0 unspecified atom stereocenters. The van der Waals surface area contributed by atoms with E-state index >= 15 is 0 Å². The lowest BCUT2D eigenvalue weighted by Crippen LogP contribution is -2.70. The molecule has 2 amide bonds. The Hall–Kier alpha value is -1.62. The van der Waals surface area contributed by atoms with Crippen LogP contribution in [0.3, 0.4) is 0 Å². The van der Waals surface area contributed by atoms with E-state index in [9.17, 15) is 9.18 Å². The van der Waals surface area contributed by atoms with E-state index in [1.54, 1.807) is 17.0 Å². The van der Waals surface area contributed by atoms with Crippen LogP contribution in [0.5, 0.6) is 0 Å². The molecule has 2 aliphatic rings. The van der Waals surface area contributed by atoms with Gasteiger partial charge in [-0.05, 0) is 37.0 Å². The summed E-state index contributed by atoms with van der Waals surface area (Å²) in [6.45, 7) is 1.19. The summed E-state index contributed by atoms with van der Waals surface area (Å²) in [6, 6.07) is 5.67. The van der Waals surface area contributed by atoms with Crippen molar-refractivity contribution in [2.45, 2.75) is 18.4 Å². The van der Waals surface area contributed by atoms with Crippen LogP contribution in [0.2, 0.25) is 0 Å². The van der Waals surface area contributed by atoms with Crippen molar-refractivity contribution in [2.24, 2.45) is 11.7 Å². The molecule has 1 aliphatic carbocycles. The number of benzene rings is 1. The Kier molecular flexibility index (Phi) is 2.52. The van der Waals surface area contributed by atoms with E-state index in [-0.39, 0.29) is 17.4 Å². The highest BCUT2D eigenvalue weighted by Crippen LogP contribution is 2.42. The Morgan fingerprint density at radius 1 is 1.44 bits per heavy atom. The lowest BCUT2D eigenvalue weighted by Gasteiger charge is -2.48. The van der Waals surface area contributed by atoms with E-state index in [1.807, 2.05) is 0 Å². The van der Waals surface area contributed by atoms with Crippen LogP contribution in [0.1, 0.15) is 12.8 Å². The number of carbonyl (C=O) groups excluding carboxylic acids is 1. The number of hydrogen-bond donors (Lipinski definition) is 2. The van der Waals surface area contributed by atoms with Gasteiger partial charge in [0.15, 0.2) is 0 Å². The average molecular weight is 249 g/mol. The molecule has 1 saturated carbocycles. The minimum Gasteiger partial charge on any atom is -0.322 e. The average Bonchev–Trinajstić information content (AvgIpc) is 3.08. The number of amides is 2. The molecule has 0 radical (unpaired) electrons. The third kappa shape index (κ3) is 2.06. The van der Waals surface area contributed by atoms with Crippen LogP contribution in [0.25, 0.3) is 0 Å². The molecule has 1 saturated heterocycles. The molecule has 2 fully saturated rings. The zero-order valence-electron chi connectivity index (χ0n) is 10.0. The quantitative estimate of drug-likeness (QED) is 0.839. The fourth-order valence-corrected chi connectivity index (χ4v) is 2.49. The monoisotopic (exact) mass is 249 g/mol. The van der Waals surface area contributed by atoms with Crippen LogP contribution in [0.4, 0.5) is 14.9 Å². The maximum absolute atomic E-state index is 13.0. The Balaban J connectivity index is 1.57. The van der Waals surface area contributed by atoms with Gasteiger partial charge in [0.2, 0.25) is 0 Å². The van der Waals surface area contributed by atoms with Crippen molar-refractivity contribution in [1.29, 1.82) is 0 Å². The Bertz CT molecular complexity index is 481. The van der Waals surface area contributed by atoms with Crippen molar-refractivity contribution in [3.8, 4) is 0 Å². The van der Waals surface area contributed by atoms with E-state index in [0.29, 0.717) is 24.7 Å². The molecule has 1 aromatic carbocycles. The van der Waals surface area contributed by atoms with Crippen LogP contribution in [-0.2, 0) is 0 Å². The normalized spacial score (nSPS) is 21.3. The second-order valence-corrected chi connectivity index (χ2v) is 5.30. The van der Waals surface area contributed by atoms with Crippen molar-refractivity contribution in [2.75, 3.05) is 18.4 Å². The van der Waals surface area contributed by atoms with Crippen LogP contribution >= 0.6 is 0 Å². The zero-order valence-corrected chi connectivity index (χ0v) is 10.0. The summed E-state index contributed by atoms with van der Waals surface area (Å²) in [5, 5.41) is 2.67. The van der Waals surface area contributed by atoms with E-state index in [4.69, 9.17) is 5.73 Å². The molecule has 5 heteroatoms. The lowest BCUT2D eigenvalue weighted by molar-refractivity contribution is 0.0895. The number of rotatable bonds is 2. The second kappa shape index (κ2) is 3.95. The standard InChI is InChI=1S/C13H16FN3O/c14-10-2-1-3-11(6-10)16-12(18)17-7-13(15,8-17)9-4-5-9/h1-3,6,9H,4-5,7-8,15H2,(H,16,18). The molecule has 0 aromatic heterocycles. The van der Waals surface area contributed by atoms with E-state index in [0.717, 1.165) is 0 Å².